The molecule has 2 heteroatoms. The Labute approximate surface area is 132 Å². The lowest BCUT2D eigenvalue weighted by Crippen LogP contribution is -2.02. The molecule has 0 N–H and O–H groups in total. The van der Waals surface area contributed by atoms with E-state index in [2.05, 4.69) is 24.3 Å². The Morgan fingerprint density at radius 2 is 1.59 bits per heavy atom. The zero-order valence-electron chi connectivity index (χ0n) is 12.2. The van der Waals surface area contributed by atoms with Crippen LogP contribution in [0.2, 0.25) is 0 Å². The number of fused-ring (bicyclic) bond motifs is 2. The topological polar surface area (TPSA) is 17.1 Å². The lowest BCUT2D eigenvalue weighted by molar-refractivity contribution is 0.104. The molecule has 3 aromatic carbocycles. The van der Waals surface area contributed by atoms with Gasteiger partial charge in [-0.15, -0.1) is 11.3 Å². The summed E-state index contributed by atoms with van der Waals surface area (Å²) >= 11 is 1.57. The van der Waals surface area contributed by atoms with E-state index in [0.717, 1.165) is 36.9 Å². The van der Waals surface area contributed by atoms with Crippen LogP contribution in [0.5, 0.6) is 0 Å². The molecule has 0 atom stereocenters. The Morgan fingerprint density at radius 3 is 2.41 bits per heavy atom. The highest BCUT2D eigenvalue weighted by Gasteiger charge is 2.17. The van der Waals surface area contributed by atoms with E-state index in [1.165, 1.54) is 0 Å². The third kappa shape index (κ3) is 2.04. The average Bonchev–Trinajstić information content (AvgIpc) is 2.98. The van der Waals surface area contributed by atoms with Crippen LogP contribution in [0.3, 0.4) is 0 Å². The van der Waals surface area contributed by atoms with Crippen molar-refractivity contribution in [3.05, 3.63) is 82.7 Å². The molecule has 0 aliphatic carbocycles. The number of benzene rings is 3. The minimum atomic E-state index is 0.121. The summed E-state index contributed by atoms with van der Waals surface area (Å²) in [5.74, 6) is 0.121. The van der Waals surface area contributed by atoms with Crippen molar-refractivity contribution in [2.45, 2.75) is 6.92 Å². The van der Waals surface area contributed by atoms with Crippen LogP contribution in [0.15, 0.2) is 66.7 Å². The van der Waals surface area contributed by atoms with E-state index >= 15 is 0 Å². The molecule has 106 valence electrons. The van der Waals surface area contributed by atoms with Crippen LogP contribution in [-0.4, -0.2) is 5.78 Å². The first-order chi connectivity index (χ1) is 10.7. The molecule has 0 unspecified atom stereocenters. The fraction of sp³-hybridized carbons (Fsp3) is 0.0500. The van der Waals surface area contributed by atoms with Crippen molar-refractivity contribution >= 4 is 38.0 Å². The van der Waals surface area contributed by atoms with Crippen LogP contribution in [0.4, 0.5) is 0 Å². The van der Waals surface area contributed by atoms with Crippen molar-refractivity contribution in [2.75, 3.05) is 0 Å². The average molecular weight is 302 g/mol. The highest BCUT2D eigenvalue weighted by molar-refractivity contribution is 7.21. The van der Waals surface area contributed by atoms with Crippen molar-refractivity contribution in [3.63, 3.8) is 0 Å². The largest absolute Gasteiger partial charge is 0.288 e. The van der Waals surface area contributed by atoms with Gasteiger partial charge in [0.05, 0.1) is 4.88 Å². The second-order valence-electron chi connectivity index (χ2n) is 5.46. The second-order valence-corrected chi connectivity index (χ2v) is 6.54. The molecule has 4 rings (SSSR count). The highest BCUT2D eigenvalue weighted by atomic mass is 32.1. The maximum absolute atomic E-state index is 13.1. The summed E-state index contributed by atoms with van der Waals surface area (Å²) in [5, 5.41) is 3.27. The van der Waals surface area contributed by atoms with Crippen molar-refractivity contribution < 1.29 is 4.79 Å². The van der Waals surface area contributed by atoms with Gasteiger partial charge in [0.2, 0.25) is 5.78 Å². The molecule has 0 aliphatic heterocycles. The predicted molar refractivity (Wildman–Crippen MR) is 93.9 cm³/mol. The summed E-state index contributed by atoms with van der Waals surface area (Å²) in [7, 11) is 0. The van der Waals surface area contributed by atoms with Crippen LogP contribution < -0.4 is 0 Å². The van der Waals surface area contributed by atoms with Crippen LogP contribution in [0, 0.1) is 6.92 Å². The molecule has 0 saturated carbocycles. The highest BCUT2D eigenvalue weighted by Crippen LogP contribution is 2.30. The summed E-state index contributed by atoms with van der Waals surface area (Å²) in [6, 6.07) is 22.3. The van der Waals surface area contributed by atoms with E-state index in [0.29, 0.717) is 0 Å². The SMILES string of the molecule is Cc1ccc2ccccc2c1C(=O)c1cc2ccccc2s1. The van der Waals surface area contributed by atoms with E-state index in [4.69, 9.17) is 0 Å². The van der Waals surface area contributed by atoms with Crippen LogP contribution >= 0.6 is 11.3 Å². The van der Waals surface area contributed by atoms with Gasteiger partial charge in [-0.05, 0) is 40.8 Å². The van der Waals surface area contributed by atoms with Gasteiger partial charge in [-0.3, -0.25) is 4.79 Å². The molecule has 0 radical (unpaired) electrons. The fourth-order valence-electron chi connectivity index (χ4n) is 2.90. The van der Waals surface area contributed by atoms with E-state index < -0.39 is 0 Å². The molecule has 0 aliphatic rings. The van der Waals surface area contributed by atoms with Gasteiger partial charge in [-0.2, -0.15) is 0 Å². The first-order valence-electron chi connectivity index (χ1n) is 7.26. The third-order valence-corrected chi connectivity index (χ3v) is 5.13. The molecule has 1 nitrogen and oxygen atoms in total. The number of thiophene rings is 1. The Morgan fingerprint density at radius 1 is 0.864 bits per heavy atom. The molecule has 0 bridgehead atoms. The van der Waals surface area contributed by atoms with Gasteiger partial charge in [-0.25, -0.2) is 0 Å². The number of carbonyl (C=O) groups is 1. The summed E-state index contributed by atoms with van der Waals surface area (Å²) in [6.45, 7) is 2.01. The summed E-state index contributed by atoms with van der Waals surface area (Å²) < 4.78 is 1.16. The molecule has 0 fully saturated rings. The molecular formula is C20H14OS. The Kier molecular flexibility index (Phi) is 3.05. The standard InChI is InChI=1S/C20H14OS/c1-13-10-11-14-6-2-4-8-16(14)19(13)20(21)18-12-15-7-3-5-9-17(15)22-18/h2-12H,1H3. The first kappa shape index (κ1) is 13.2. The van der Waals surface area contributed by atoms with Crippen molar-refractivity contribution in [1.29, 1.82) is 0 Å². The van der Waals surface area contributed by atoms with Crippen LogP contribution in [-0.2, 0) is 0 Å². The molecule has 0 spiro atoms. The van der Waals surface area contributed by atoms with Crippen LogP contribution in [0.1, 0.15) is 20.8 Å². The minimum absolute atomic E-state index is 0.121. The van der Waals surface area contributed by atoms with Gasteiger partial charge in [-0.1, -0.05) is 54.6 Å². The minimum Gasteiger partial charge on any atom is -0.288 e. The van der Waals surface area contributed by atoms with Crippen molar-refractivity contribution in [2.24, 2.45) is 0 Å². The van der Waals surface area contributed by atoms with E-state index in [1.807, 2.05) is 49.4 Å². The molecule has 22 heavy (non-hydrogen) atoms. The molecule has 0 saturated heterocycles. The maximum atomic E-state index is 13.1. The number of hydrogen-bond donors (Lipinski definition) is 0. The van der Waals surface area contributed by atoms with Crippen LogP contribution in [0.25, 0.3) is 20.9 Å². The third-order valence-electron chi connectivity index (χ3n) is 4.01. The van der Waals surface area contributed by atoms with Gasteiger partial charge in [0.25, 0.3) is 0 Å². The van der Waals surface area contributed by atoms with Crippen molar-refractivity contribution in [3.8, 4) is 0 Å². The molecule has 1 aromatic heterocycles. The number of rotatable bonds is 2. The second kappa shape index (κ2) is 5.08. The normalized spacial score (nSPS) is 11.1. The Bertz CT molecular complexity index is 978. The van der Waals surface area contributed by atoms with Gasteiger partial charge in [0, 0.05) is 10.3 Å². The maximum Gasteiger partial charge on any atom is 0.203 e. The summed E-state index contributed by atoms with van der Waals surface area (Å²) in [5.41, 5.74) is 1.85. The van der Waals surface area contributed by atoms with Gasteiger partial charge in [0.1, 0.15) is 0 Å². The van der Waals surface area contributed by atoms with E-state index in [-0.39, 0.29) is 5.78 Å². The number of carbonyl (C=O) groups excluding carboxylic acids is 1. The molecule has 0 amide bonds. The zero-order valence-corrected chi connectivity index (χ0v) is 13.0. The molecule has 4 aromatic rings. The zero-order chi connectivity index (χ0) is 15.1. The quantitative estimate of drug-likeness (QED) is 0.441. The van der Waals surface area contributed by atoms with E-state index in [1.54, 1.807) is 11.3 Å². The lowest BCUT2D eigenvalue weighted by atomic mass is 9.96. The monoisotopic (exact) mass is 302 g/mol. The predicted octanol–water partition coefficient (Wildman–Crippen LogP) is 5.59. The van der Waals surface area contributed by atoms with Gasteiger partial charge >= 0.3 is 0 Å². The first-order valence-corrected chi connectivity index (χ1v) is 8.07. The number of ketones is 1. The van der Waals surface area contributed by atoms with Crippen molar-refractivity contribution in [1.82, 2.24) is 0 Å². The van der Waals surface area contributed by atoms with Gasteiger partial charge in [0.15, 0.2) is 0 Å². The lowest BCUT2D eigenvalue weighted by Gasteiger charge is -2.08. The van der Waals surface area contributed by atoms with E-state index in [9.17, 15) is 4.79 Å². The number of hydrogen-bond acceptors (Lipinski definition) is 2. The summed E-state index contributed by atoms with van der Waals surface area (Å²) in [6.07, 6.45) is 0. The Hall–Kier alpha value is -2.45. The Balaban J connectivity index is 1.94. The smallest absolute Gasteiger partial charge is 0.203 e. The summed E-state index contributed by atoms with van der Waals surface area (Å²) in [4.78, 5) is 13.9. The fourth-order valence-corrected chi connectivity index (χ4v) is 3.91. The molecule has 1 heterocycles. The van der Waals surface area contributed by atoms with Gasteiger partial charge < -0.3 is 0 Å². The number of aryl methyl sites for hydroxylation is 1. The molecular weight excluding hydrogens is 288 g/mol.